The van der Waals surface area contributed by atoms with E-state index in [-0.39, 0.29) is 6.03 Å². The summed E-state index contributed by atoms with van der Waals surface area (Å²) in [4.78, 5) is 16.4. The van der Waals surface area contributed by atoms with E-state index in [0.717, 1.165) is 28.6 Å². The normalized spacial score (nSPS) is 10.5. The van der Waals surface area contributed by atoms with Crippen LogP contribution in [0.4, 0.5) is 16.2 Å². The molecular weight excluding hydrogens is 334 g/mol. The average molecular weight is 353 g/mol. The second-order valence-electron chi connectivity index (χ2n) is 6.33. The molecule has 0 saturated carbocycles. The molecule has 0 aliphatic heterocycles. The van der Waals surface area contributed by atoms with Crippen LogP contribution >= 0.6 is 0 Å². The quantitative estimate of drug-likeness (QED) is 0.511. The first kappa shape index (κ1) is 16.8. The molecule has 1 aromatic heterocycles. The molecule has 2 N–H and O–H groups in total. The van der Waals surface area contributed by atoms with Crippen LogP contribution in [0.2, 0.25) is 0 Å². The van der Waals surface area contributed by atoms with E-state index in [9.17, 15) is 4.79 Å². The van der Waals surface area contributed by atoms with Gasteiger partial charge in [0.1, 0.15) is 0 Å². The van der Waals surface area contributed by atoms with E-state index in [1.54, 1.807) is 12.4 Å². The first-order valence-electron chi connectivity index (χ1n) is 8.81. The number of aromatic nitrogens is 1. The van der Waals surface area contributed by atoms with Gasteiger partial charge >= 0.3 is 6.03 Å². The fourth-order valence-corrected chi connectivity index (χ4v) is 3.06. The van der Waals surface area contributed by atoms with Crippen LogP contribution in [0, 0.1) is 0 Å². The van der Waals surface area contributed by atoms with E-state index < -0.39 is 0 Å². The number of carbonyl (C=O) groups excluding carboxylic acids is 1. The topological polar surface area (TPSA) is 54.0 Å². The summed E-state index contributed by atoms with van der Waals surface area (Å²) in [6.45, 7) is 0. The second kappa shape index (κ2) is 7.70. The molecular formula is C23H19N3O. The van der Waals surface area contributed by atoms with Crippen LogP contribution in [0.15, 0.2) is 91.3 Å². The predicted octanol–water partition coefficient (Wildman–Crippen LogP) is 5.47. The van der Waals surface area contributed by atoms with E-state index in [1.807, 2.05) is 78.9 Å². The van der Waals surface area contributed by atoms with Crippen LogP contribution in [0.25, 0.3) is 10.8 Å². The molecule has 4 aromatic rings. The standard InChI is InChI=1S/C23H19N3O/c27-23(26-22-7-3-5-19-4-1-2-6-21(19)22)25-20-10-8-17(9-11-20)16-18-12-14-24-15-13-18/h1-15H,16H2,(H2,25,26,27). The number of amides is 2. The zero-order valence-corrected chi connectivity index (χ0v) is 14.7. The number of pyridine rings is 1. The minimum atomic E-state index is -0.256. The second-order valence-corrected chi connectivity index (χ2v) is 6.33. The van der Waals surface area contributed by atoms with Crippen molar-refractivity contribution in [1.82, 2.24) is 4.98 Å². The lowest BCUT2D eigenvalue weighted by Crippen LogP contribution is -2.19. The number of anilines is 2. The number of hydrogen-bond acceptors (Lipinski definition) is 2. The number of urea groups is 1. The van der Waals surface area contributed by atoms with Gasteiger partial charge in [0.25, 0.3) is 0 Å². The molecule has 3 aromatic carbocycles. The summed E-state index contributed by atoms with van der Waals surface area (Å²) in [6.07, 6.45) is 4.43. The lowest BCUT2D eigenvalue weighted by atomic mass is 10.1. The van der Waals surface area contributed by atoms with Crippen molar-refractivity contribution in [3.8, 4) is 0 Å². The third-order valence-corrected chi connectivity index (χ3v) is 4.41. The van der Waals surface area contributed by atoms with Gasteiger partial charge in [-0.25, -0.2) is 4.79 Å². The van der Waals surface area contributed by atoms with Gasteiger partial charge in [0, 0.05) is 23.5 Å². The van der Waals surface area contributed by atoms with Crippen LogP contribution in [0.1, 0.15) is 11.1 Å². The van der Waals surface area contributed by atoms with Crippen LogP contribution < -0.4 is 10.6 Å². The summed E-state index contributed by atoms with van der Waals surface area (Å²) in [5.74, 6) is 0. The predicted molar refractivity (Wildman–Crippen MR) is 110 cm³/mol. The Hall–Kier alpha value is -3.66. The van der Waals surface area contributed by atoms with Crippen molar-refractivity contribution >= 4 is 28.2 Å². The molecule has 4 rings (SSSR count). The Morgan fingerprint density at radius 3 is 2.26 bits per heavy atom. The van der Waals surface area contributed by atoms with Crippen LogP contribution in [-0.2, 0) is 6.42 Å². The number of benzene rings is 3. The molecule has 0 bridgehead atoms. The summed E-state index contributed by atoms with van der Waals surface area (Å²) in [5, 5.41) is 7.93. The molecule has 4 nitrogen and oxygen atoms in total. The molecule has 132 valence electrons. The van der Waals surface area contributed by atoms with Gasteiger partial charge < -0.3 is 10.6 Å². The van der Waals surface area contributed by atoms with Gasteiger partial charge in [-0.15, -0.1) is 0 Å². The number of carbonyl (C=O) groups is 1. The fourth-order valence-electron chi connectivity index (χ4n) is 3.06. The fraction of sp³-hybridized carbons (Fsp3) is 0.0435. The van der Waals surface area contributed by atoms with Crippen molar-refractivity contribution in [2.45, 2.75) is 6.42 Å². The van der Waals surface area contributed by atoms with E-state index >= 15 is 0 Å². The third kappa shape index (κ3) is 4.12. The first-order valence-corrected chi connectivity index (χ1v) is 8.81. The SMILES string of the molecule is O=C(Nc1ccc(Cc2ccncc2)cc1)Nc1cccc2ccccc12. The molecule has 0 unspecified atom stereocenters. The minimum absolute atomic E-state index is 0.256. The van der Waals surface area contributed by atoms with Crippen molar-refractivity contribution in [3.63, 3.8) is 0 Å². The Bertz CT molecular complexity index is 1050. The van der Waals surface area contributed by atoms with E-state index in [0.29, 0.717) is 0 Å². The lowest BCUT2D eigenvalue weighted by Gasteiger charge is -2.10. The molecule has 0 fully saturated rings. The Kier molecular flexibility index (Phi) is 4.79. The number of nitrogens with zero attached hydrogens (tertiary/aromatic N) is 1. The van der Waals surface area contributed by atoms with E-state index in [1.165, 1.54) is 11.1 Å². The number of fused-ring (bicyclic) bond motifs is 1. The molecule has 0 spiro atoms. The highest BCUT2D eigenvalue weighted by Gasteiger charge is 2.06. The zero-order valence-electron chi connectivity index (χ0n) is 14.7. The van der Waals surface area contributed by atoms with Gasteiger partial charge in [-0.1, -0.05) is 48.5 Å². The highest BCUT2D eigenvalue weighted by Crippen LogP contribution is 2.23. The van der Waals surface area contributed by atoms with E-state index in [4.69, 9.17) is 0 Å². The van der Waals surface area contributed by atoms with Gasteiger partial charge in [0.15, 0.2) is 0 Å². The van der Waals surface area contributed by atoms with Gasteiger partial charge in [0.05, 0.1) is 5.69 Å². The molecule has 1 heterocycles. The summed E-state index contributed by atoms with van der Waals surface area (Å²) in [7, 11) is 0. The maximum atomic E-state index is 12.4. The van der Waals surface area contributed by atoms with Crippen LogP contribution in [0.5, 0.6) is 0 Å². The molecule has 0 saturated heterocycles. The number of nitrogens with one attached hydrogen (secondary N) is 2. The smallest absolute Gasteiger partial charge is 0.308 e. The average Bonchev–Trinajstić information content (AvgIpc) is 2.71. The monoisotopic (exact) mass is 353 g/mol. The molecule has 0 radical (unpaired) electrons. The summed E-state index contributed by atoms with van der Waals surface area (Å²) < 4.78 is 0. The van der Waals surface area contributed by atoms with Gasteiger partial charge in [-0.05, 0) is 53.3 Å². The van der Waals surface area contributed by atoms with Crippen LogP contribution in [-0.4, -0.2) is 11.0 Å². The zero-order chi connectivity index (χ0) is 18.5. The molecule has 0 aliphatic rings. The van der Waals surface area contributed by atoms with Gasteiger partial charge in [0.2, 0.25) is 0 Å². The number of hydrogen-bond donors (Lipinski definition) is 2. The minimum Gasteiger partial charge on any atom is -0.308 e. The third-order valence-electron chi connectivity index (χ3n) is 4.41. The highest BCUT2D eigenvalue weighted by molar-refractivity contribution is 6.06. The molecule has 0 aliphatic carbocycles. The van der Waals surface area contributed by atoms with Crippen molar-refractivity contribution in [2.75, 3.05) is 10.6 Å². The van der Waals surface area contributed by atoms with Gasteiger partial charge in [-0.3, -0.25) is 4.98 Å². The molecule has 27 heavy (non-hydrogen) atoms. The summed E-state index contributed by atoms with van der Waals surface area (Å²) in [5.41, 5.74) is 3.94. The maximum absolute atomic E-state index is 12.4. The highest BCUT2D eigenvalue weighted by atomic mass is 16.2. The Morgan fingerprint density at radius 1 is 0.741 bits per heavy atom. The summed E-state index contributed by atoms with van der Waals surface area (Å²) in [6, 6.07) is 25.5. The van der Waals surface area contributed by atoms with Crippen molar-refractivity contribution in [1.29, 1.82) is 0 Å². The first-order chi connectivity index (χ1) is 13.3. The molecule has 2 amide bonds. The number of rotatable bonds is 4. The Balaban J connectivity index is 1.42. The Labute approximate surface area is 157 Å². The lowest BCUT2D eigenvalue weighted by molar-refractivity contribution is 0.262. The molecule has 0 atom stereocenters. The van der Waals surface area contributed by atoms with E-state index in [2.05, 4.69) is 15.6 Å². The summed E-state index contributed by atoms with van der Waals surface area (Å²) >= 11 is 0. The largest absolute Gasteiger partial charge is 0.323 e. The van der Waals surface area contributed by atoms with Gasteiger partial charge in [-0.2, -0.15) is 0 Å². The molecule has 4 heteroatoms. The van der Waals surface area contributed by atoms with Crippen molar-refractivity contribution in [2.24, 2.45) is 0 Å². The van der Waals surface area contributed by atoms with Crippen LogP contribution in [0.3, 0.4) is 0 Å². The maximum Gasteiger partial charge on any atom is 0.323 e. The Morgan fingerprint density at radius 2 is 1.44 bits per heavy atom. The van der Waals surface area contributed by atoms with Crippen molar-refractivity contribution in [3.05, 3.63) is 102 Å². The van der Waals surface area contributed by atoms with Crippen molar-refractivity contribution < 1.29 is 4.79 Å².